The Morgan fingerprint density at radius 2 is 2.06 bits per heavy atom. The molecule has 17 heavy (non-hydrogen) atoms. The lowest BCUT2D eigenvalue weighted by molar-refractivity contribution is 0.1000. The van der Waals surface area contributed by atoms with Crippen molar-refractivity contribution < 1.29 is 4.79 Å². The third-order valence-electron chi connectivity index (χ3n) is 2.99. The van der Waals surface area contributed by atoms with Gasteiger partial charge in [-0.3, -0.25) is 9.48 Å². The normalized spacial score (nSPS) is 10.5. The van der Waals surface area contributed by atoms with E-state index in [9.17, 15) is 4.79 Å². The van der Waals surface area contributed by atoms with Crippen molar-refractivity contribution in [2.24, 2.45) is 12.8 Å². The molecule has 0 aliphatic rings. The first-order valence-corrected chi connectivity index (χ1v) is 5.41. The van der Waals surface area contributed by atoms with Gasteiger partial charge in [0.25, 0.3) is 0 Å². The summed E-state index contributed by atoms with van der Waals surface area (Å²) in [6, 6.07) is 7.50. The molecule has 0 saturated carbocycles. The van der Waals surface area contributed by atoms with Crippen LogP contribution in [-0.4, -0.2) is 15.7 Å². The molecule has 2 aromatic rings. The summed E-state index contributed by atoms with van der Waals surface area (Å²) in [6.07, 6.45) is 0. The molecule has 1 heterocycles. The second-order valence-electron chi connectivity index (χ2n) is 4.14. The first kappa shape index (κ1) is 11.4. The van der Waals surface area contributed by atoms with Gasteiger partial charge in [-0.2, -0.15) is 5.10 Å². The van der Waals surface area contributed by atoms with E-state index < -0.39 is 5.91 Å². The van der Waals surface area contributed by atoms with E-state index in [2.05, 4.69) is 5.10 Å². The first-order chi connectivity index (χ1) is 8.00. The number of aryl methyl sites for hydroxylation is 2. The number of amides is 1. The summed E-state index contributed by atoms with van der Waals surface area (Å²) in [6.45, 7) is 3.88. The van der Waals surface area contributed by atoms with Crippen LogP contribution in [0.3, 0.4) is 0 Å². The third kappa shape index (κ3) is 1.93. The van der Waals surface area contributed by atoms with E-state index in [-0.39, 0.29) is 0 Å². The molecular formula is C13H15N3O. The lowest BCUT2D eigenvalue weighted by Gasteiger charge is -2.06. The van der Waals surface area contributed by atoms with Gasteiger partial charge in [0.2, 0.25) is 5.91 Å². The van der Waals surface area contributed by atoms with E-state index in [1.807, 2.05) is 43.8 Å². The molecule has 4 nitrogen and oxygen atoms in total. The fourth-order valence-corrected chi connectivity index (χ4v) is 1.87. The van der Waals surface area contributed by atoms with Crippen LogP contribution in [0.25, 0.3) is 11.3 Å². The van der Waals surface area contributed by atoms with Crippen LogP contribution in [0, 0.1) is 13.8 Å². The van der Waals surface area contributed by atoms with Crippen molar-refractivity contribution in [1.29, 1.82) is 0 Å². The van der Waals surface area contributed by atoms with Gasteiger partial charge in [-0.15, -0.1) is 0 Å². The van der Waals surface area contributed by atoms with Gasteiger partial charge in [-0.05, 0) is 31.5 Å². The van der Waals surface area contributed by atoms with Crippen LogP contribution in [0.2, 0.25) is 0 Å². The molecule has 1 aromatic heterocycles. The van der Waals surface area contributed by atoms with Crippen LogP contribution in [0.5, 0.6) is 0 Å². The SMILES string of the molecule is Cc1c(C(N)=O)cccc1-c1cc(C)n(C)n1. The molecule has 2 rings (SSSR count). The minimum atomic E-state index is -0.406. The Balaban J connectivity index is 2.60. The van der Waals surface area contributed by atoms with Crippen molar-refractivity contribution in [3.8, 4) is 11.3 Å². The summed E-state index contributed by atoms with van der Waals surface area (Å²) >= 11 is 0. The van der Waals surface area contributed by atoms with Crippen LogP contribution >= 0.6 is 0 Å². The maximum atomic E-state index is 11.3. The molecule has 0 unspecified atom stereocenters. The average Bonchev–Trinajstić information content (AvgIpc) is 2.59. The molecule has 2 N–H and O–H groups in total. The molecule has 0 aliphatic heterocycles. The highest BCUT2D eigenvalue weighted by molar-refractivity contribution is 5.96. The number of primary amides is 1. The highest BCUT2D eigenvalue weighted by Gasteiger charge is 2.12. The molecule has 1 amide bonds. The van der Waals surface area contributed by atoms with Crippen molar-refractivity contribution in [3.05, 3.63) is 41.1 Å². The number of benzene rings is 1. The number of nitrogens with two attached hydrogens (primary N) is 1. The van der Waals surface area contributed by atoms with Crippen molar-refractivity contribution >= 4 is 5.91 Å². The summed E-state index contributed by atoms with van der Waals surface area (Å²) in [7, 11) is 1.89. The maximum absolute atomic E-state index is 11.3. The minimum absolute atomic E-state index is 0.406. The Morgan fingerprint density at radius 3 is 2.59 bits per heavy atom. The fraction of sp³-hybridized carbons (Fsp3) is 0.231. The van der Waals surface area contributed by atoms with Gasteiger partial charge >= 0.3 is 0 Å². The summed E-state index contributed by atoms with van der Waals surface area (Å²) in [5.74, 6) is -0.406. The van der Waals surface area contributed by atoms with Crippen LogP contribution < -0.4 is 5.73 Å². The number of carbonyl (C=O) groups is 1. The van der Waals surface area contributed by atoms with Gasteiger partial charge in [0, 0.05) is 23.9 Å². The van der Waals surface area contributed by atoms with Gasteiger partial charge in [0.1, 0.15) is 0 Å². The van der Waals surface area contributed by atoms with Crippen molar-refractivity contribution in [1.82, 2.24) is 9.78 Å². The van der Waals surface area contributed by atoms with Gasteiger partial charge in [0.15, 0.2) is 0 Å². The average molecular weight is 229 g/mol. The van der Waals surface area contributed by atoms with E-state index >= 15 is 0 Å². The molecule has 0 aliphatic carbocycles. The molecule has 88 valence electrons. The van der Waals surface area contributed by atoms with Crippen LogP contribution in [0.1, 0.15) is 21.6 Å². The third-order valence-corrected chi connectivity index (χ3v) is 2.99. The molecule has 1 aromatic carbocycles. The highest BCUT2D eigenvalue weighted by atomic mass is 16.1. The van der Waals surface area contributed by atoms with Gasteiger partial charge in [0.05, 0.1) is 5.69 Å². The Labute approximate surface area is 100 Å². The van der Waals surface area contributed by atoms with Crippen molar-refractivity contribution in [3.63, 3.8) is 0 Å². The molecule has 4 heteroatoms. The summed E-state index contributed by atoms with van der Waals surface area (Å²) in [5, 5.41) is 4.41. The van der Waals surface area contributed by atoms with Crippen molar-refractivity contribution in [2.45, 2.75) is 13.8 Å². The van der Waals surface area contributed by atoms with E-state index in [1.165, 1.54) is 0 Å². The predicted molar refractivity (Wildman–Crippen MR) is 66.6 cm³/mol. The standard InChI is InChI=1S/C13H15N3O/c1-8-7-12(15-16(8)3)10-5-4-6-11(9(10)2)13(14)17/h4-7H,1-3H3,(H2,14,17). The monoisotopic (exact) mass is 229 g/mol. The van der Waals surface area contributed by atoms with E-state index in [0.29, 0.717) is 5.56 Å². The summed E-state index contributed by atoms with van der Waals surface area (Å²) < 4.78 is 1.81. The maximum Gasteiger partial charge on any atom is 0.248 e. The predicted octanol–water partition coefficient (Wildman–Crippen LogP) is 1.80. The second kappa shape index (κ2) is 4.05. The topological polar surface area (TPSA) is 60.9 Å². The molecule has 0 spiro atoms. The van der Waals surface area contributed by atoms with E-state index in [0.717, 1.165) is 22.5 Å². The lowest BCUT2D eigenvalue weighted by atomic mass is 9.99. The molecule has 0 atom stereocenters. The largest absolute Gasteiger partial charge is 0.366 e. The number of hydrogen-bond acceptors (Lipinski definition) is 2. The zero-order valence-electron chi connectivity index (χ0n) is 10.2. The highest BCUT2D eigenvalue weighted by Crippen LogP contribution is 2.24. The van der Waals surface area contributed by atoms with Crippen molar-refractivity contribution in [2.75, 3.05) is 0 Å². The van der Waals surface area contributed by atoms with Gasteiger partial charge in [-0.1, -0.05) is 12.1 Å². The molecular weight excluding hydrogens is 214 g/mol. The molecule has 0 fully saturated rings. The number of rotatable bonds is 2. The number of nitrogens with zero attached hydrogens (tertiary/aromatic N) is 2. The summed E-state index contributed by atoms with van der Waals surface area (Å²) in [4.78, 5) is 11.3. The zero-order chi connectivity index (χ0) is 12.6. The lowest BCUT2D eigenvalue weighted by Crippen LogP contribution is -2.13. The van der Waals surface area contributed by atoms with Crippen LogP contribution in [0.15, 0.2) is 24.3 Å². The molecule has 0 bridgehead atoms. The number of aromatic nitrogens is 2. The second-order valence-corrected chi connectivity index (χ2v) is 4.14. The smallest absolute Gasteiger partial charge is 0.248 e. The van der Waals surface area contributed by atoms with Crippen LogP contribution in [0.4, 0.5) is 0 Å². The quantitative estimate of drug-likeness (QED) is 0.853. The molecule has 0 saturated heterocycles. The number of carbonyl (C=O) groups excluding carboxylic acids is 1. The van der Waals surface area contributed by atoms with E-state index in [1.54, 1.807) is 6.07 Å². The molecule has 0 radical (unpaired) electrons. The Kier molecular flexibility index (Phi) is 2.71. The zero-order valence-corrected chi connectivity index (χ0v) is 10.2. The number of hydrogen-bond donors (Lipinski definition) is 1. The first-order valence-electron chi connectivity index (χ1n) is 5.41. The Hall–Kier alpha value is -2.10. The summed E-state index contributed by atoms with van der Waals surface area (Å²) in [5.41, 5.74) is 9.64. The Morgan fingerprint density at radius 1 is 1.35 bits per heavy atom. The minimum Gasteiger partial charge on any atom is -0.366 e. The van der Waals surface area contributed by atoms with Gasteiger partial charge < -0.3 is 5.73 Å². The van der Waals surface area contributed by atoms with Gasteiger partial charge in [-0.25, -0.2) is 0 Å². The Bertz CT molecular complexity index is 565. The van der Waals surface area contributed by atoms with Crippen LogP contribution in [-0.2, 0) is 7.05 Å². The fourth-order valence-electron chi connectivity index (χ4n) is 1.87. The van der Waals surface area contributed by atoms with E-state index in [4.69, 9.17) is 5.73 Å².